The maximum Gasteiger partial charge on any atom is 0.321 e. The van der Waals surface area contributed by atoms with E-state index in [9.17, 15) is 4.79 Å². The number of hydrogen-bond acceptors (Lipinski definition) is 3. The molecule has 4 nitrogen and oxygen atoms in total. The third kappa shape index (κ3) is 3.17. The highest BCUT2D eigenvalue weighted by atomic mass is 32.1. The minimum atomic E-state index is -0.217. The molecule has 1 aromatic heterocycles. The summed E-state index contributed by atoms with van der Waals surface area (Å²) in [6.45, 7) is 8.75. The molecule has 0 saturated heterocycles. The van der Waals surface area contributed by atoms with Crippen LogP contribution in [0.15, 0.2) is 17.5 Å². The predicted octanol–water partition coefficient (Wildman–Crippen LogP) is 3.88. The zero-order valence-corrected chi connectivity index (χ0v) is 13.0. The quantitative estimate of drug-likeness (QED) is 0.901. The number of carbonyl (C=O) groups is 1. The topological polar surface area (TPSA) is 54.0 Å². The second kappa shape index (κ2) is 6.05. The molecule has 0 bridgehead atoms. The average Bonchev–Trinajstić information content (AvgIpc) is 2.76. The van der Waals surface area contributed by atoms with Crippen LogP contribution in [0, 0.1) is 20.8 Å². The Morgan fingerprint density at radius 3 is 2.50 bits per heavy atom. The van der Waals surface area contributed by atoms with Gasteiger partial charge in [0.15, 0.2) is 5.13 Å². The number of hydrogen-bond donors (Lipinski definition) is 2. The Kier molecular flexibility index (Phi) is 4.39. The summed E-state index contributed by atoms with van der Waals surface area (Å²) < 4.78 is 0. The van der Waals surface area contributed by atoms with Crippen LogP contribution < -0.4 is 10.6 Å². The number of urea groups is 1. The van der Waals surface area contributed by atoms with E-state index in [2.05, 4.69) is 48.5 Å². The zero-order valence-electron chi connectivity index (χ0n) is 12.2. The number of carbonyl (C=O) groups excluding carboxylic acids is 1. The lowest BCUT2D eigenvalue weighted by atomic mass is 9.98. The molecule has 0 saturated carbocycles. The van der Waals surface area contributed by atoms with Crippen molar-refractivity contribution < 1.29 is 4.79 Å². The van der Waals surface area contributed by atoms with Crippen molar-refractivity contribution in [1.82, 2.24) is 10.3 Å². The Hall–Kier alpha value is -1.88. The van der Waals surface area contributed by atoms with E-state index in [-0.39, 0.29) is 6.03 Å². The molecule has 0 atom stereocenters. The van der Waals surface area contributed by atoms with E-state index in [4.69, 9.17) is 0 Å². The highest BCUT2D eigenvalue weighted by molar-refractivity contribution is 7.14. The average molecular weight is 289 g/mol. The smallest absolute Gasteiger partial charge is 0.321 e. The van der Waals surface area contributed by atoms with E-state index in [0.717, 1.165) is 11.3 Å². The van der Waals surface area contributed by atoms with Crippen LogP contribution in [0.5, 0.6) is 0 Å². The first kappa shape index (κ1) is 14.5. The van der Waals surface area contributed by atoms with Gasteiger partial charge in [0.1, 0.15) is 0 Å². The van der Waals surface area contributed by atoms with Gasteiger partial charge < -0.3 is 5.32 Å². The van der Waals surface area contributed by atoms with Gasteiger partial charge in [0, 0.05) is 17.5 Å². The van der Waals surface area contributed by atoms with E-state index >= 15 is 0 Å². The third-order valence-corrected chi connectivity index (χ3v) is 3.75. The van der Waals surface area contributed by atoms with E-state index < -0.39 is 0 Å². The van der Waals surface area contributed by atoms with Crippen molar-refractivity contribution in [3.8, 4) is 11.3 Å². The molecule has 0 fully saturated rings. The van der Waals surface area contributed by atoms with E-state index in [1.54, 1.807) is 0 Å². The van der Waals surface area contributed by atoms with Gasteiger partial charge in [-0.15, -0.1) is 11.3 Å². The van der Waals surface area contributed by atoms with Gasteiger partial charge in [0.2, 0.25) is 0 Å². The van der Waals surface area contributed by atoms with E-state index in [1.807, 2.05) is 12.3 Å². The molecule has 5 heteroatoms. The van der Waals surface area contributed by atoms with Crippen molar-refractivity contribution in [3.05, 3.63) is 34.2 Å². The lowest BCUT2D eigenvalue weighted by Crippen LogP contribution is -2.28. The summed E-state index contributed by atoms with van der Waals surface area (Å²) in [7, 11) is 0. The molecule has 2 amide bonds. The fourth-order valence-corrected chi connectivity index (χ4v) is 3.03. The lowest BCUT2D eigenvalue weighted by Gasteiger charge is -2.08. The maximum atomic E-state index is 11.5. The van der Waals surface area contributed by atoms with Crippen molar-refractivity contribution in [2.75, 3.05) is 11.9 Å². The minimum absolute atomic E-state index is 0.217. The van der Waals surface area contributed by atoms with Gasteiger partial charge in [-0.25, -0.2) is 9.78 Å². The van der Waals surface area contributed by atoms with Crippen LogP contribution in [0.3, 0.4) is 0 Å². The van der Waals surface area contributed by atoms with Crippen molar-refractivity contribution >= 4 is 22.5 Å². The molecule has 0 unspecified atom stereocenters. The first-order valence-corrected chi connectivity index (χ1v) is 7.47. The van der Waals surface area contributed by atoms with E-state index in [0.29, 0.717) is 11.7 Å². The molecule has 0 radical (unpaired) electrons. The summed E-state index contributed by atoms with van der Waals surface area (Å²) in [5, 5.41) is 8.02. The number of nitrogens with zero attached hydrogens (tertiary/aromatic N) is 1. The first-order chi connectivity index (χ1) is 9.51. The highest BCUT2D eigenvalue weighted by Crippen LogP contribution is 2.30. The van der Waals surface area contributed by atoms with Crippen LogP contribution in [-0.2, 0) is 0 Å². The number of rotatable bonds is 3. The Morgan fingerprint density at radius 2 is 1.90 bits per heavy atom. The van der Waals surface area contributed by atoms with Crippen LogP contribution in [-0.4, -0.2) is 17.6 Å². The molecule has 20 heavy (non-hydrogen) atoms. The molecule has 0 aliphatic heterocycles. The first-order valence-electron chi connectivity index (χ1n) is 6.60. The second-order valence-corrected chi connectivity index (χ2v) is 5.65. The van der Waals surface area contributed by atoms with Crippen molar-refractivity contribution in [2.45, 2.75) is 27.7 Å². The SMILES string of the molecule is CCNC(=O)Nc1nc(-c2c(C)cc(C)cc2C)cs1. The van der Waals surface area contributed by atoms with Crippen molar-refractivity contribution in [1.29, 1.82) is 0 Å². The fourth-order valence-electron chi connectivity index (χ4n) is 2.33. The summed E-state index contributed by atoms with van der Waals surface area (Å²) in [5.41, 5.74) is 5.72. The number of amides is 2. The van der Waals surface area contributed by atoms with Gasteiger partial charge in [-0.05, 0) is 38.8 Å². The second-order valence-electron chi connectivity index (χ2n) is 4.80. The Morgan fingerprint density at radius 1 is 1.25 bits per heavy atom. The largest absolute Gasteiger partial charge is 0.338 e. The van der Waals surface area contributed by atoms with Gasteiger partial charge in [-0.1, -0.05) is 17.7 Å². The molecule has 0 spiro atoms. The third-order valence-electron chi connectivity index (χ3n) is 3.00. The molecule has 2 aromatic rings. The summed E-state index contributed by atoms with van der Waals surface area (Å²) >= 11 is 1.44. The van der Waals surface area contributed by atoms with Gasteiger partial charge >= 0.3 is 6.03 Å². The van der Waals surface area contributed by atoms with Gasteiger partial charge in [-0.2, -0.15) is 0 Å². The van der Waals surface area contributed by atoms with Crippen LogP contribution in [0.2, 0.25) is 0 Å². The summed E-state index contributed by atoms with van der Waals surface area (Å²) in [4.78, 5) is 16.0. The number of aromatic nitrogens is 1. The van der Waals surface area contributed by atoms with Gasteiger partial charge in [0.25, 0.3) is 0 Å². The van der Waals surface area contributed by atoms with Crippen LogP contribution in [0.1, 0.15) is 23.6 Å². The van der Waals surface area contributed by atoms with Gasteiger partial charge in [0.05, 0.1) is 5.69 Å². The Bertz CT molecular complexity index is 611. The number of nitrogens with one attached hydrogen (secondary N) is 2. The Labute approximate surface area is 123 Å². The number of thiazole rings is 1. The summed E-state index contributed by atoms with van der Waals surface area (Å²) in [6.07, 6.45) is 0. The van der Waals surface area contributed by atoms with Crippen molar-refractivity contribution in [2.24, 2.45) is 0 Å². The van der Waals surface area contributed by atoms with Crippen molar-refractivity contribution in [3.63, 3.8) is 0 Å². The summed E-state index contributed by atoms with van der Waals surface area (Å²) in [6, 6.07) is 4.09. The number of aryl methyl sites for hydroxylation is 3. The lowest BCUT2D eigenvalue weighted by molar-refractivity contribution is 0.252. The van der Waals surface area contributed by atoms with Crippen LogP contribution >= 0.6 is 11.3 Å². The monoisotopic (exact) mass is 289 g/mol. The highest BCUT2D eigenvalue weighted by Gasteiger charge is 2.11. The van der Waals surface area contributed by atoms with Crippen LogP contribution in [0.4, 0.5) is 9.93 Å². The maximum absolute atomic E-state index is 11.5. The van der Waals surface area contributed by atoms with Gasteiger partial charge in [-0.3, -0.25) is 5.32 Å². The molecule has 2 rings (SSSR count). The Balaban J connectivity index is 2.27. The molecule has 0 aliphatic carbocycles. The standard InChI is InChI=1S/C15H19N3OS/c1-5-16-14(19)18-15-17-12(8-20-15)13-10(3)6-9(2)7-11(13)4/h6-8H,5H2,1-4H3,(H2,16,17,18,19). The molecular formula is C15H19N3OS. The normalized spacial score (nSPS) is 10.4. The zero-order chi connectivity index (χ0) is 14.7. The van der Waals surface area contributed by atoms with Crippen LogP contribution in [0.25, 0.3) is 11.3 Å². The molecule has 1 aromatic carbocycles. The molecule has 2 N–H and O–H groups in total. The van der Waals surface area contributed by atoms with E-state index in [1.165, 1.54) is 28.0 Å². The minimum Gasteiger partial charge on any atom is -0.338 e. The number of anilines is 1. The predicted molar refractivity (Wildman–Crippen MR) is 84.5 cm³/mol. The summed E-state index contributed by atoms with van der Waals surface area (Å²) in [5.74, 6) is 0. The fraction of sp³-hybridized carbons (Fsp3) is 0.333. The molecule has 1 heterocycles. The number of benzene rings is 1. The molecule has 106 valence electrons. The molecule has 0 aliphatic rings. The molecular weight excluding hydrogens is 270 g/mol.